The third-order valence-electron chi connectivity index (χ3n) is 2.68. The van der Waals surface area contributed by atoms with E-state index in [4.69, 9.17) is 16.9 Å². The van der Waals surface area contributed by atoms with E-state index in [0.717, 1.165) is 11.3 Å². The summed E-state index contributed by atoms with van der Waals surface area (Å²) in [5.74, 6) is 0. The molecule has 0 bridgehead atoms. The molecule has 18 heavy (non-hydrogen) atoms. The predicted octanol–water partition coefficient (Wildman–Crippen LogP) is 3.24. The highest BCUT2D eigenvalue weighted by Gasteiger charge is 2.10. The van der Waals surface area contributed by atoms with Crippen molar-refractivity contribution in [3.8, 4) is 6.07 Å². The molecule has 1 aromatic carbocycles. The van der Waals surface area contributed by atoms with Crippen molar-refractivity contribution in [2.45, 2.75) is 6.54 Å². The molecule has 3 nitrogen and oxygen atoms in total. The normalized spacial score (nSPS) is 9.83. The molecule has 2 rings (SSSR count). The van der Waals surface area contributed by atoms with Crippen LogP contribution in [0.15, 0.2) is 42.7 Å². The van der Waals surface area contributed by atoms with Gasteiger partial charge in [-0.3, -0.25) is 4.98 Å². The minimum atomic E-state index is 0.483. The van der Waals surface area contributed by atoms with E-state index in [9.17, 15) is 0 Å². The number of nitrogens with zero attached hydrogens (tertiary/aromatic N) is 3. The maximum Gasteiger partial charge on any atom is 0.103 e. The number of rotatable bonds is 3. The Morgan fingerprint density at radius 2 is 2.00 bits per heavy atom. The third kappa shape index (κ3) is 2.61. The number of nitriles is 1. The summed E-state index contributed by atoms with van der Waals surface area (Å²) in [7, 11) is 1.94. The molecular weight excluding hydrogens is 246 g/mol. The molecule has 0 radical (unpaired) electrons. The van der Waals surface area contributed by atoms with Crippen LogP contribution in [0.25, 0.3) is 0 Å². The van der Waals surface area contributed by atoms with Gasteiger partial charge in [0.1, 0.15) is 6.07 Å². The Bertz CT molecular complexity index is 575. The Morgan fingerprint density at radius 3 is 2.67 bits per heavy atom. The van der Waals surface area contributed by atoms with Gasteiger partial charge in [-0.2, -0.15) is 5.26 Å². The molecule has 4 heteroatoms. The van der Waals surface area contributed by atoms with Crippen LogP contribution in [0.4, 0.5) is 5.69 Å². The molecule has 0 N–H and O–H groups in total. The summed E-state index contributed by atoms with van der Waals surface area (Å²) in [5.41, 5.74) is 2.48. The topological polar surface area (TPSA) is 39.9 Å². The first-order chi connectivity index (χ1) is 8.72. The van der Waals surface area contributed by atoms with Crippen molar-refractivity contribution in [1.29, 1.82) is 5.26 Å². The molecule has 0 aliphatic heterocycles. The number of anilines is 1. The molecule has 0 saturated carbocycles. The highest BCUT2D eigenvalue weighted by molar-refractivity contribution is 6.32. The summed E-state index contributed by atoms with van der Waals surface area (Å²) in [6.07, 6.45) is 3.51. The van der Waals surface area contributed by atoms with Crippen molar-refractivity contribution < 1.29 is 0 Å². The van der Waals surface area contributed by atoms with Gasteiger partial charge in [0.15, 0.2) is 0 Å². The standard InChI is InChI=1S/C14H12ClN3/c1-18(10-11-5-7-17-8-6-11)14-4-2-3-13(15)12(14)9-16/h2-8H,10H2,1H3. The fraction of sp³-hybridized carbons (Fsp3) is 0.143. The van der Waals surface area contributed by atoms with E-state index >= 15 is 0 Å². The molecular formula is C14H12ClN3. The van der Waals surface area contributed by atoms with E-state index in [1.807, 2.05) is 36.2 Å². The zero-order valence-electron chi connectivity index (χ0n) is 9.97. The van der Waals surface area contributed by atoms with Gasteiger partial charge in [0.05, 0.1) is 16.3 Å². The van der Waals surface area contributed by atoms with Gasteiger partial charge in [0, 0.05) is 26.0 Å². The lowest BCUT2D eigenvalue weighted by atomic mass is 10.1. The average molecular weight is 258 g/mol. The molecule has 1 aromatic heterocycles. The van der Waals surface area contributed by atoms with E-state index in [2.05, 4.69) is 11.1 Å². The van der Waals surface area contributed by atoms with Crippen LogP contribution < -0.4 is 4.90 Å². The molecule has 0 aliphatic carbocycles. The number of hydrogen-bond donors (Lipinski definition) is 0. The van der Waals surface area contributed by atoms with Gasteiger partial charge in [0.2, 0.25) is 0 Å². The van der Waals surface area contributed by atoms with E-state index in [-0.39, 0.29) is 0 Å². The SMILES string of the molecule is CN(Cc1ccncc1)c1cccc(Cl)c1C#N. The molecule has 0 atom stereocenters. The second kappa shape index (κ2) is 5.52. The lowest BCUT2D eigenvalue weighted by Gasteiger charge is -2.20. The maximum atomic E-state index is 9.14. The van der Waals surface area contributed by atoms with Crippen LogP contribution in [0.3, 0.4) is 0 Å². The van der Waals surface area contributed by atoms with Crippen LogP contribution in [0, 0.1) is 11.3 Å². The molecule has 90 valence electrons. The lowest BCUT2D eigenvalue weighted by molar-refractivity contribution is 0.917. The van der Waals surface area contributed by atoms with Crippen molar-refractivity contribution >= 4 is 17.3 Å². The van der Waals surface area contributed by atoms with Gasteiger partial charge < -0.3 is 4.90 Å². The first-order valence-electron chi connectivity index (χ1n) is 5.51. The Balaban J connectivity index is 2.27. The van der Waals surface area contributed by atoms with Crippen LogP contribution >= 0.6 is 11.6 Å². The fourth-order valence-corrected chi connectivity index (χ4v) is 2.00. The average Bonchev–Trinajstić information content (AvgIpc) is 2.39. The van der Waals surface area contributed by atoms with Crippen LogP contribution in [0.2, 0.25) is 5.02 Å². The predicted molar refractivity (Wildman–Crippen MR) is 72.5 cm³/mol. The van der Waals surface area contributed by atoms with E-state index < -0.39 is 0 Å². The zero-order valence-corrected chi connectivity index (χ0v) is 10.7. The smallest absolute Gasteiger partial charge is 0.103 e. The number of aromatic nitrogens is 1. The molecule has 0 amide bonds. The monoisotopic (exact) mass is 257 g/mol. The summed E-state index contributed by atoms with van der Waals surface area (Å²) >= 11 is 6.02. The van der Waals surface area contributed by atoms with Gasteiger partial charge in [-0.05, 0) is 29.8 Å². The summed E-state index contributed by atoms with van der Waals surface area (Å²) in [4.78, 5) is 5.98. The summed E-state index contributed by atoms with van der Waals surface area (Å²) < 4.78 is 0. The molecule has 1 heterocycles. The van der Waals surface area contributed by atoms with E-state index in [1.165, 1.54) is 0 Å². The van der Waals surface area contributed by atoms with Crippen LogP contribution in [0.5, 0.6) is 0 Å². The molecule has 2 aromatic rings. The van der Waals surface area contributed by atoms with Crippen molar-refractivity contribution in [1.82, 2.24) is 4.98 Å². The maximum absolute atomic E-state index is 9.14. The lowest BCUT2D eigenvalue weighted by Crippen LogP contribution is -2.17. The minimum Gasteiger partial charge on any atom is -0.369 e. The Labute approximate surface area is 111 Å². The first kappa shape index (κ1) is 12.4. The Kier molecular flexibility index (Phi) is 3.81. The molecule has 0 saturated heterocycles. The number of benzene rings is 1. The van der Waals surface area contributed by atoms with Crippen LogP contribution in [-0.4, -0.2) is 12.0 Å². The van der Waals surface area contributed by atoms with Gasteiger partial charge in [0.25, 0.3) is 0 Å². The summed E-state index contributed by atoms with van der Waals surface area (Å²) in [6.45, 7) is 0.706. The minimum absolute atomic E-state index is 0.483. The first-order valence-corrected chi connectivity index (χ1v) is 5.89. The number of hydrogen-bond acceptors (Lipinski definition) is 3. The summed E-state index contributed by atoms with van der Waals surface area (Å²) in [5, 5.41) is 9.63. The summed E-state index contributed by atoms with van der Waals surface area (Å²) in [6, 6.07) is 11.5. The largest absolute Gasteiger partial charge is 0.369 e. The number of pyridine rings is 1. The molecule has 0 spiro atoms. The van der Waals surface area contributed by atoms with Gasteiger partial charge >= 0.3 is 0 Å². The van der Waals surface area contributed by atoms with Gasteiger partial charge in [-0.25, -0.2) is 0 Å². The Hall–Kier alpha value is -2.05. The number of halogens is 1. The van der Waals surface area contributed by atoms with Crippen molar-refractivity contribution in [2.24, 2.45) is 0 Å². The Morgan fingerprint density at radius 1 is 1.28 bits per heavy atom. The fourth-order valence-electron chi connectivity index (χ4n) is 1.79. The highest BCUT2D eigenvalue weighted by Crippen LogP contribution is 2.26. The van der Waals surface area contributed by atoms with Crippen molar-refractivity contribution in [2.75, 3.05) is 11.9 Å². The van der Waals surface area contributed by atoms with Gasteiger partial charge in [-0.15, -0.1) is 0 Å². The van der Waals surface area contributed by atoms with E-state index in [0.29, 0.717) is 17.1 Å². The molecule has 0 unspecified atom stereocenters. The van der Waals surface area contributed by atoms with Gasteiger partial charge in [-0.1, -0.05) is 17.7 Å². The molecule has 0 fully saturated rings. The van der Waals surface area contributed by atoms with E-state index in [1.54, 1.807) is 18.5 Å². The second-order valence-corrected chi connectivity index (χ2v) is 4.36. The van der Waals surface area contributed by atoms with Crippen LogP contribution in [0.1, 0.15) is 11.1 Å². The second-order valence-electron chi connectivity index (χ2n) is 3.96. The zero-order chi connectivity index (χ0) is 13.0. The van der Waals surface area contributed by atoms with Crippen molar-refractivity contribution in [3.05, 3.63) is 58.9 Å². The molecule has 0 aliphatic rings. The third-order valence-corrected chi connectivity index (χ3v) is 3.00. The van der Waals surface area contributed by atoms with Crippen molar-refractivity contribution in [3.63, 3.8) is 0 Å². The quantitative estimate of drug-likeness (QED) is 0.847. The van der Waals surface area contributed by atoms with Crippen LogP contribution in [-0.2, 0) is 6.54 Å². The highest BCUT2D eigenvalue weighted by atomic mass is 35.5.